The van der Waals surface area contributed by atoms with Crippen molar-refractivity contribution < 1.29 is 9.47 Å². The van der Waals surface area contributed by atoms with Gasteiger partial charge in [0.15, 0.2) is 0 Å². The largest absolute Gasteiger partial charge is 0.487 e. The van der Waals surface area contributed by atoms with Crippen LogP contribution in [0.15, 0.2) is 22.7 Å². The van der Waals surface area contributed by atoms with Gasteiger partial charge < -0.3 is 14.8 Å². The highest BCUT2D eigenvalue weighted by Crippen LogP contribution is 2.49. The Morgan fingerprint density at radius 3 is 2.83 bits per heavy atom. The molecule has 1 heterocycles. The van der Waals surface area contributed by atoms with Gasteiger partial charge in [-0.1, -0.05) is 22.0 Å². The summed E-state index contributed by atoms with van der Waals surface area (Å²) in [6, 6.07) is 6.66. The number of benzene rings is 1. The van der Waals surface area contributed by atoms with E-state index in [4.69, 9.17) is 9.47 Å². The number of fused-ring (bicyclic) bond motifs is 1. The molecule has 3 nitrogen and oxygen atoms in total. The molecule has 1 N–H and O–H groups in total. The Kier molecular flexibility index (Phi) is 3.12. The summed E-state index contributed by atoms with van der Waals surface area (Å²) in [5.41, 5.74) is 1.23. The van der Waals surface area contributed by atoms with E-state index in [-0.39, 0.29) is 5.60 Å². The molecule has 0 saturated heterocycles. The molecule has 98 valence electrons. The van der Waals surface area contributed by atoms with Gasteiger partial charge in [0, 0.05) is 42.5 Å². The first-order valence-corrected chi connectivity index (χ1v) is 7.13. The van der Waals surface area contributed by atoms with E-state index < -0.39 is 0 Å². The van der Waals surface area contributed by atoms with Crippen molar-refractivity contribution in [2.75, 3.05) is 14.2 Å². The monoisotopic (exact) mass is 311 g/mol. The first-order chi connectivity index (χ1) is 8.65. The molecule has 1 aromatic carbocycles. The number of hydrogen-bond acceptors (Lipinski definition) is 3. The fourth-order valence-corrected chi connectivity index (χ4v) is 3.43. The van der Waals surface area contributed by atoms with Gasteiger partial charge in [-0.25, -0.2) is 0 Å². The number of methoxy groups -OCH3 is 1. The van der Waals surface area contributed by atoms with Crippen LogP contribution in [0.1, 0.15) is 30.9 Å². The zero-order valence-electron chi connectivity index (χ0n) is 10.7. The number of hydrogen-bond donors (Lipinski definition) is 1. The number of rotatable bonds is 2. The van der Waals surface area contributed by atoms with Crippen LogP contribution < -0.4 is 10.1 Å². The summed E-state index contributed by atoms with van der Waals surface area (Å²) in [5.74, 6) is 1.00. The molecule has 0 radical (unpaired) electrons. The van der Waals surface area contributed by atoms with Crippen LogP contribution in [0.4, 0.5) is 0 Å². The lowest BCUT2D eigenvalue weighted by Gasteiger charge is -2.51. The predicted molar refractivity (Wildman–Crippen MR) is 73.9 cm³/mol. The van der Waals surface area contributed by atoms with Crippen molar-refractivity contribution in [1.82, 2.24) is 5.32 Å². The highest BCUT2D eigenvalue weighted by Gasteiger charge is 2.50. The van der Waals surface area contributed by atoms with Gasteiger partial charge in [0.2, 0.25) is 0 Å². The van der Waals surface area contributed by atoms with E-state index in [0.29, 0.717) is 12.1 Å². The van der Waals surface area contributed by atoms with Gasteiger partial charge in [0.1, 0.15) is 11.4 Å². The molecule has 1 fully saturated rings. The summed E-state index contributed by atoms with van der Waals surface area (Å²) in [4.78, 5) is 0. The van der Waals surface area contributed by atoms with Crippen LogP contribution in [0.25, 0.3) is 0 Å². The Balaban J connectivity index is 1.89. The Morgan fingerprint density at radius 1 is 1.39 bits per heavy atom. The Morgan fingerprint density at radius 2 is 2.17 bits per heavy atom. The van der Waals surface area contributed by atoms with Crippen LogP contribution in [-0.4, -0.2) is 25.9 Å². The Bertz CT molecular complexity index is 457. The number of ether oxygens (including phenoxy) is 2. The quantitative estimate of drug-likeness (QED) is 0.910. The Hall–Kier alpha value is -0.580. The second kappa shape index (κ2) is 4.51. The molecular weight excluding hydrogens is 294 g/mol. The van der Waals surface area contributed by atoms with Crippen molar-refractivity contribution in [2.45, 2.75) is 37.0 Å². The first kappa shape index (κ1) is 12.5. The van der Waals surface area contributed by atoms with Crippen molar-refractivity contribution in [3.8, 4) is 5.75 Å². The summed E-state index contributed by atoms with van der Waals surface area (Å²) < 4.78 is 12.7. The van der Waals surface area contributed by atoms with E-state index >= 15 is 0 Å². The molecule has 0 amide bonds. The summed E-state index contributed by atoms with van der Waals surface area (Å²) in [7, 11) is 3.79. The van der Waals surface area contributed by atoms with E-state index in [2.05, 4.69) is 39.4 Å². The van der Waals surface area contributed by atoms with Crippen LogP contribution in [-0.2, 0) is 4.74 Å². The lowest BCUT2D eigenvalue weighted by molar-refractivity contribution is -0.125. The minimum Gasteiger partial charge on any atom is -0.487 e. The maximum absolute atomic E-state index is 6.25. The van der Waals surface area contributed by atoms with Crippen molar-refractivity contribution in [2.24, 2.45) is 0 Å². The molecule has 1 aliphatic carbocycles. The van der Waals surface area contributed by atoms with Gasteiger partial charge in [-0.2, -0.15) is 0 Å². The number of halogens is 1. The molecule has 3 rings (SSSR count). The molecule has 1 atom stereocenters. The maximum atomic E-state index is 6.25. The SMILES string of the molecule is CNC1CC2(CC(OC)C2)Oc2cc(Br)ccc21. The number of nitrogens with one attached hydrogen (secondary N) is 1. The molecule has 1 unspecified atom stereocenters. The highest BCUT2D eigenvalue weighted by atomic mass is 79.9. The van der Waals surface area contributed by atoms with E-state index in [0.717, 1.165) is 29.5 Å². The van der Waals surface area contributed by atoms with Gasteiger partial charge in [-0.3, -0.25) is 0 Å². The van der Waals surface area contributed by atoms with Crippen LogP contribution in [0.5, 0.6) is 5.75 Å². The van der Waals surface area contributed by atoms with Gasteiger partial charge in [0.05, 0.1) is 6.10 Å². The lowest BCUT2D eigenvalue weighted by atomic mass is 9.71. The van der Waals surface area contributed by atoms with Gasteiger partial charge in [0.25, 0.3) is 0 Å². The topological polar surface area (TPSA) is 30.5 Å². The smallest absolute Gasteiger partial charge is 0.126 e. The van der Waals surface area contributed by atoms with Crippen LogP contribution in [0.2, 0.25) is 0 Å². The highest BCUT2D eigenvalue weighted by molar-refractivity contribution is 9.10. The summed E-state index contributed by atoms with van der Waals surface area (Å²) >= 11 is 3.51. The first-order valence-electron chi connectivity index (χ1n) is 6.34. The summed E-state index contributed by atoms with van der Waals surface area (Å²) in [6.45, 7) is 0. The predicted octanol–water partition coefficient (Wildman–Crippen LogP) is 3.04. The lowest BCUT2D eigenvalue weighted by Crippen LogP contribution is -2.55. The minimum absolute atomic E-state index is 0.0256. The van der Waals surface area contributed by atoms with Crippen LogP contribution >= 0.6 is 15.9 Å². The van der Waals surface area contributed by atoms with Crippen molar-refractivity contribution in [1.29, 1.82) is 0 Å². The van der Waals surface area contributed by atoms with E-state index in [1.54, 1.807) is 7.11 Å². The average molecular weight is 312 g/mol. The standard InChI is InChI=1S/C14H18BrNO2/c1-16-12-8-14(6-10(7-14)17-2)18-13-5-9(15)3-4-11(12)13/h3-5,10,12,16H,6-8H2,1-2H3. The third-order valence-electron chi connectivity index (χ3n) is 4.13. The van der Waals surface area contributed by atoms with Crippen molar-refractivity contribution in [3.05, 3.63) is 28.2 Å². The molecule has 2 aliphatic rings. The molecule has 1 spiro atoms. The molecular formula is C14H18BrNO2. The Labute approximate surface area is 116 Å². The molecule has 0 bridgehead atoms. The fourth-order valence-electron chi connectivity index (χ4n) is 3.09. The van der Waals surface area contributed by atoms with Gasteiger partial charge in [-0.05, 0) is 19.2 Å². The van der Waals surface area contributed by atoms with Gasteiger partial charge >= 0.3 is 0 Å². The van der Waals surface area contributed by atoms with Crippen LogP contribution in [0.3, 0.4) is 0 Å². The van der Waals surface area contributed by atoms with E-state index in [1.807, 2.05) is 7.05 Å². The molecule has 1 aromatic rings. The van der Waals surface area contributed by atoms with Gasteiger partial charge in [-0.15, -0.1) is 0 Å². The molecule has 4 heteroatoms. The molecule has 18 heavy (non-hydrogen) atoms. The zero-order chi connectivity index (χ0) is 12.8. The minimum atomic E-state index is -0.0256. The van der Waals surface area contributed by atoms with Crippen molar-refractivity contribution >= 4 is 15.9 Å². The van der Waals surface area contributed by atoms with Crippen molar-refractivity contribution in [3.63, 3.8) is 0 Å². The fraction of sp³-hybridized carbons (Fsp3) is 0.571. The molecule has 1 saturated carbocycles. The second-order valence-electron chi connectivity index (χ2n) is 5.28. The average Bonchev–Trinajstić information content (AvgIpc) is 2.33. The molecule has 0 aromatic heterocycles. The third-order valence-corrected chi connectivity index (χ3v) is 4.63. The summed E-state index contributed by atoms with van der Waals surface area (Å²) in [6.07, 6.45) is 3.37. The normalized spacial score (nSPS) is 33.7. The second-order valence-corrected chi connectivity index (χ2v) is 6.19. The maximum Gasteiger partial charge on any atom is 0.126 e. The van der Waals surface area contributed by atoms with E-state index in [1.165, 1.54) is 5.56 Å². The van der Waals surface area contributed by atoms with E-state index in [9.17, 15) is 0 Å². The zero-order valence-corrected chi connectivity index (χ0v) is 12.3. The molecule has 1 aliphatic heterocycles. The summed E-state index contributed by atoms with van der Waals surface area (Å²) in [5, 5.41) is 3.40. The van der Waals surface area contributed by atoms with Crippen LogP contribution in [0, 0.1) is 0 Å². The third kappa shape index (κ3) is 1.96.